The minimum Gasteiger partial charge on any atom is -0.298 e. The number of fused-ring (bicyclic) bond motifs is 1. The predicted molar refractivity (Wildman–Crippen MR) is 101 cm³/mol. The molecule has 2 heterocycles. The number of aldehydes is 1. The largest absolute Gasteiger partial charge is 0.298 e. The molecule has 0 aliphatic heterocycles. The van der Waals surface area contributed by atoms with Gasteiger partial charge in [-0.2, -0.15) is 0 Å². The van der Waals surface area contributed by atoms with Gasteiger partial charge >= 0.3 is 0 Å². The third-order valence-electron chi connectivity index (χ3n) is 6.10. The Morgan fingerprint density at radius 3 is 2.57 bits per heavy atom. The molecule has 0 spiro atoms. The second kappa shape index (κ2) is 6.11. The second-order valence-corrected chi connectivity index (χ2v) is 8.83. The van der Waals surface area contributed by atoms with Gasteiger partial charge in [-0.15, -0.1) is 0 Å². The highest BCUT2D eigenvalue weighted by molar-refractivity contribution is 7.21. The lowest BCUT2D eigenvalue weighted by atomic mass is 9.84. The van der Waals surface area contributed by atoms with Crippen LogP contribution in [0.25, 0.3) is 20.9 Å². The third kappa shape index (κ3) is 2.83. The Bertz CT molecular complexity index is 1090. The molecule has 1 aromatic carbocycles. The van der Waals surface area contributed by atoms with Crippen molar-refractivity contribution in [3.63, 3.8) is 0 Å². The van der Waals surface area contributed by atoms with Crippen molar-refractivity contribution in [1.29, 1.82) is 0 Å². The van der Waals surface area contributed by atoms with Crippen LogP contribution < -0.4 is 0 Å². The average molecular weight is 402 g/mol. The second-order valence-electron chi connectivity index (χ2n) is 7.85. The SMILES string of the molecule is O=Cc1ccc(-c2nc3ccc(C4(C5CCC(F)(F)C5)CC4)nc3s2)c(F)c1. The van der Waals surface area contributed by atoms with Gasteiger partial charge in [0.15, 0.2) is 0 Å². The number of hydrogen-bond donors (Lipinski definition) is 0. The summed E-state index contributed by atoms with van der Waals surface area (Å²) < 4.78 is 41.8. The van der Waals surface area contributed by atoms with Crippen LogP contribution in [0.3, 0.4) is 0 Å². The molecule has 28 heavy (non-hydrogen) atoms. The van der Waals surface area contributed by atoms with Crippen LogP contribution in [-0.2, 0) is 5.41 Å². The normalized spacial score (nSPS) is 22.5. The maximum Gasteiger partial charge on any atom is 0.248 e. The molecule has 0 N–H and O–H groups in total. The van der Waals surface area contributed by atoms with E-state index in [2.05, 4.69) is 4.98 Å². The molecule has 0 radical (unpaired) electrons. The van der Waals surface area contributed by atoms with Gasteiger partial charge in [-0.1, -0.05) is 17.4 Å². The van der Waals surface area contributed by atoms with Gasteiger partial charge < -0.3 is 0 Å². The first kappa shape index (κ1) is 17.8. The molecule has 0 amide bonds. The van der Waals surface area contributed by atoms with Gasteiger partial charge in [0.1, 0.15) is 27.5 Å². The molecule has 1 atom stereocenters. The van der Waals surface area contributed by atoms with Crippen molar-refractivity contribution in [2.45, 2.75) is 43.4 Å². The minimum atomic E-state index is -2.56. The Balaban J connectivity index is 1.50. The third-order valence-corrected chi connectivity index (χ3v) is 7.10. The van der Waals surface area contributed by atoms with Crippen molar-refractivity contribution in [3.05, 3.63) is 47.4 Å². The number of carbonyl (C=O) groups excluding carboxylic acids is 1. The van der Waals surface area contributed by atoms with Crippen molar-refractivity contribution in [2.75, 3.05) is 0 Å². The lowest BCUT2D eigenvalue weighted by Crippen LogP contribution is -2.21. The molecule has 2 aromatic heterocycles. The molecule has 7 heteroatoms. The van der Waals surface area contributed by atoms with Gasteiger partial charge in [0.25, 0.3) is 0 Å². The molecule has 5 rings (SSSR count). The first-order chi connectivity index (χ1) is 13.4. The van der Waals surface area contributed by atoms with Gasteiger partial charge in [0, 0.05) is 35.1 Å². The first-order valence-corrected chi connectivity index (χ1v) is 10.1. The van der Waals surface area contributed by atoms with E-state index in [0.29, 0.717) is 33.6 Å². The Kier molecular flexibility index (Phi) is 3.88. The monoisotopic (exact) mass is 402 g/mol. The van der Waals surface area contributed by atoms with E-state index >= 15 is 0 Å². The summed E-state index contributed by atoms with van der Waals surface area (Å²) in [5, 5.41) is 0.492. The van der Waals surface area contributed by atoms with Crippen LogP contribution >= 0.6 is 11.3 Å². The number of aromatic nitrogens is 2. The predicted octanol–water partition coefficient (Wildman–Crippen LogP) is 5.78. The highest BCUT2D eigenvalue weighted by atomic mass is 32.1. The van der Waals surface area contributed by atoms with Crippen LogP contribution in [0.4, 0.5) is 13.2 Å². The van der Waals surface area contributed by atoms with E-state index in [4.69, 9.17) is 4.98 Å². The van der Waals surface area contributed by atoms with Gasteiger partial charge in [-0.3, -0.25) is 4.79 Å². The van der Waals surface area contributed by atoms with Gasteiger partial charge in [0.2, 0.25) is 5.92 Å². The van der Waals surface area contributed by atoms with Crippen LogP contribution in [0.2, 0.25) is 0 Å². The van der Waals surface area contributed by atoms with Crippen LogP contribution in [0, 0.1) is 11.7 Å². The lowest BCUT2D eigenvalue weighted by Gasteiger charge is -2.22. The fourth-order valence-corrected chi connectivity index (χ4v) is 5.38. The van der Waals surface area contributed by atoms with Gasteiger partial charge in [0.05, 0.1) is 0 Å². The molecular formula is C21H17F3N2OS. The van der Waals surface area contributed by atoms with Gasteiger partial charge in [-0.05, 0) is 49.4 Å². The molecule has 0 saturated heterocycles. The molecule has 2 aliphatic rings. The number of halogens is 3. The summed E-state index contributed by atoms with van der Waals surface area (Å²) >= 11 is 1.28. The number of pyridine rings is 1. The molecule has 1 unspecified atom stereocenters. The summed E-state index contributed by atoms with van der Waals surface area (Å²) in [5.74, 6) is -3.10. The number of alkyl halides is 2. The molecule has 2 aliphatic carbocycles. The maximum atomic E-state index is 14.3. The maximum absolute atomic E-state index is 14.3. The zero-order valence-corrected chi connectivity index (χ0v) is 15.7. The van der Waals surface area contributed by atoms with Crippen LogP contribution in [-0.4, -0.2) is 22.2 Å². The van der Waals surface area contributed by atoms with E-state index in [-0.39, 0.29) is 29.7 Å². The van der Waals surface area contributed by atoms with Crippen LogP contribution in [0.5, 0.6) is 0 Å². The number of thiazole rings is 1. The van der Waals surface area contributed by atoms with E-state index in [1.54, 1.807) is 12.1 Å². The lowest BCUT2D eigenvalue weighted by molar-refractivity contribution is 0.00318. The van der Waals surface area contributed by atoms with E-state index in [0.717, 1.165) is 18.5 Å². The standard InChI is InChI=1S/C21H17F3N2OS/c22-15-9-12(11-27)1-2-14(15)18-25-16-3-4-17(26-19(16)28-18)20(7-8-20)13-5-6-21(23,24)10-13/h1-4,9,11,13H,5-8,10H2. The summed E-state index contributed by atoms with van der Waals surface area (Å²) in [4.78, 5) is 20.7. The fourth-order valence-electron chi connectivity index (χ4n) is 4.42. The molecule has 3 aromatic rings. The van der Waals surface area contributed by atoms with Gasteiger partial charge in [-0.25, -0.2) is 23.1 Å². The molecule has 0 bridgehead atoms. The van der Waals surface area contributed by atoms with Crippen molar-refractivity contribution in [3.8, 4) is 10.6 Å². The van der Waals surface area contributed by atoms with Crippen molar-refractivity contribution in [2.24, 2.45) is 5.92 Å². The van der Waals surface area contributed by atoms with E-state index in [9.17, 15) is 18.0 Å². The van der Waals surface area contributed by atoms with E-state index < -0.39 is 11.7 Å². The Morgan fingerprint density at radius 1 is 1.11 bits per heavy atom. The summed E-state index contributed by atoms with van der Waals surface area (Å²) in [7, 11) is 0. The number of hydrogen-bond acceptors (Lipinski definition) is 4. The number of carbonyl (C=O) groups is 1. The highest BCUT2D eigenvalue weighted by Gasteiger charge is 2.57. The first-order valence-electron chi connectivity index (χ1n) is 9.31. The zero-order chi connectivity index (χ0) is 19.5. The van der Waals surface area contributed by atoms with Crippen LogP contribution in [0.1, 0.15) is 48.2 Å². The summed E-state index contributed by atoms with van der Waals surface area (Å²) in [6.07, 6.45) is 2.81. The van der Waals surface area contributed by atoms with E-state index in [1.165, 1.54) is 17.4 Å². The Morgan fingerprint density at radius 2 is 1.93 bits per heavy atom. The summed E-state index contributed by atoms with van der Waals surface area (Å²) in [6.45, 7) is 0. The molecule has 3 nitrogen and oxygen atoms in total. The smallest absolute Gasteiger partial charge is 0.248 e. The fraction of sp³-hybridized carbons (Fsp3) is 0.381. The number of nitrogens with zero attached hydrogens (tertiary/aromatic N) is 2. The van der Waals surface area contributed by atoms with Crippen molar-refractivity contribution < 1.29 is 18.0 Å². The summed E-state index contributed by atoms with van der Waals surface area (Å²) in [6, 6.07) is 8.02. The number of rotatable bonds is 4. The highest BCUT2D eigenvalue weighted by Crippen LogP contribution is 2.60. The quantitative estimate of drug-likeness (QED) is 0.520. The van der Waals surface area contributed by atoms with Crippen molar-refractivity contribution >= 4 is 28.0 Å². The molecule has 144 valence electrons. The van der Waals surface area contributed by atoms with Crippen molar-refractivity contribution in [1.82, 2.24) is 9.97 Å². The topological polar surface area (TPSA) is 42.9 Å². The molecule has 2 saturated carbocycles. The number of benzene rings is 1. The Hall–Kier alpha value is -2.28. The average Bonchev–Trinajstić information content (AvgIpc) is 3.24. The molecule has 2 fully saturated rings. The summed E-state index contributed by atoms with van der Waals surface area (Å²) in [5.41, 5.74) is 1.87. The zero-order valence-electron chi connectivity index (χ0n) is 14.9. The van der Waals surface area contributed by atoms with E-state index in [1.807, 2.05) is 12.1 Å². The molecular weight excluding hydrogens is 385 g/mol. The Labute approximate surface area is 163 Å². The van der Waals surface area contributed by atoms with Crippen LogP contribution in [0.15, 0.2) is 30.3 Å². The minimum absolute atomic E-state index is 0.0341.